The summed E-state index contributed by atoms with van der Waals surface area (Å²) < 4.78 is 7.58. The molecule has 0 radical (unpaired) electrons. The van der Waals surface area contributed by atoms with Gasteiger partial charge in [0.05, 0.1) is 13.2 Å². The molecule has 160 valence electrons. The van der Waals surface area contributed by atoms with Gasteiger partial charge in [0.2, 0.25) is 5.95 Å². The maximum absolute atomic E-state index is 13.4. The standard InChI is InChI=1S/C23H31N5O2/c1-17-4-2-3-7-28(17)22(29)21-12-19(16-27(21)15-18-5-6-18)20-13-24-23(25-14-20)26-8-10-30-11-9-26/h12-14,16-18H,2-11,15H2,1H3. The maximum atomic E-state index is 13.4. The molecule has 1 unspecified atom stereocenters. The van der Waals surface area contributed by atoms with Gasteiger partial charge < -0.3 is 19.1 Å². The fraction of sp³-hybridized carbons (Fsp3) is 0.609. The number of rotatable bonds is 5. The normalized spacial score (nSPS) is 22.4. The predicted octanol–water partition coefficient (Wildman–Crippen LogP) is 3.21. The lowest BCUT2D eigenvalue weighted by molar-refractivity contribution is 0.0624. The van der Waals surface area contributed by atoms with E-state index in [1.165, 1.54) is 19.3 Å². The van der Waals surface area contributed by atoms with Gasteiger partial charge in [-0.15, -0.1) is 0 Å². The monoisotopic (exact) mass is 409 g/mol. The van der Waals surface area contributed by atoms with Crippen LogP contribution in [0.1, 0.15) is 49.5 Å². The summed E-state index contributed by atoms with van der Waals surface area (Å²) in [5.74, 6) is 1.62. The summed E-state index contributed by atoms with van der Waals surface area (Å²) in [6.07, 6.45) is 11.8. The van der Waals surface area contributed by atoms with E-state index in [1.807, 2.05) is 18.5 Å². The Balaban J connectivity index is 1.40. The Kier molecular flexibility index (Phi) is 5.46. The number of aromatic nitrogens is 3. The molecule has 2 aliphatic heterocycles. The number of carbonyl (C=O) groups is 1. The van der Waals surface area contributed by atoms with E-state index in [1.54, 1.807) is 0 Å². The van der Waals surface area contributed by atoms with Gasteiger partial charge in [0.15, 0.2) is 0 Å². The van der Waals surface area contributed by atoms with Crippen LogP contribution in [0.5, 0.6) is 0 Å². The van der Waals surface area contributed by atoms with Crippen LogP contribution in [0.15, 0.2) is 24.7 Å². The molecule has 7 nitrogen and oxygen atoms in total. The van der Waals surface area contributed by atoms with Crippen LogP contribution < -0.4 is 4.90 Å². The molecule has 1 saturated carbocycles. The highest BCUT2D eigenvalue weighted by molar-refractivity contribution is 5.94. The van der Waals surface area contributed by atoms with Crippen molar-refractivity contribution in [3.63, 3.8) is 0 Å². The fourth-order valence-electron chi connectivity index (χ4n) is 4.52. The van der Waals surface area contributed by atoms with Crippen molar-refractivity contribution in [3.8, 4) is 11.1 Å². The topological polar surface area (TPSA) is 63.5 Å². The number of hydrogen-bond donors (Lipinski definition) is 0. The van der Waals surface area contributed by atoms with Crippen LogP contribution in [0.3, 0.4) is 0 Å². The number of anilines is 1. The molecule has 1 aliphatic carbocycles. The molecule has 2 aromatic heterocycles. The van der Waals surface area contributed by atoms with Crippen molar-refractivity contribution in [3.05, 3.63) is 30.4 Å². The second-order valence-electron chi connectivity index (χ2n) is 8.92. The molecule has 0 aromatic carbocycles. The summed E-state index contributed by atoms with van der Waals surface area (Å²) >= 11 is 0. The van der Waals surface area contributed by atoms with Gasteiger partial charge in [-0.05, 0) is 51.0 Å². The van der Waals surface area contributed by atoms with E-state index in [-0.39, 0.29) is 5.91 Å². The Morgan fingerprint density at radius 2 is 1.83 bits per heavy atom. The van der Waals surface area contributed by atoms with Gasteiger partial charge in [0.25, 0.3) is 5.91 Å². The number of morpholine rings is 1. The Labute approximate surface area is 178 Å². The first kappa shape index (κ1) is 19.5. The molecule has 5 rings (SSSR count). The van der Waals surface area contributed by atoms with Crippen LogP contribution in [0.2, 0.25) is 0 Å². The average molecular weight is 410 g/mol. The van der Waals surface area contributed by atoms with Gasteiger partial charge >= 0.3 is 0 Å². The van der Waals surface area contributed by atoms with Crippen molar-refractivity contribution in [1.29, 1.82) is 0 Å². The van der Waals surface area contributed by atoms with E-state index in [2.05, 4.69) is 37.5 Å². The van der Waals surface area contributed by atoms with E-state index in [0.29, 0.717) is 12.0 Å². The number of amides is 1. The first-order valence-corrected chi connectivity index (χ1v) is 11.4. The number of hydrogen-bond acceptors (Lipinski definition) is 5. The van der Waals surface area contributed by atoms with Crippen molar-refractivity contribution in [1.82, 2.24) is 19.4 Å². The maximum Gasteiger partial charge on any atom is 0.270 e. The third-order valence-electron chi connectivity index (χ3n) is 6.60. The van der Waals surface area contributed by atoms with E-state index in [0.717, 1.165) is 75.0 Å². The summed E-state index contributed by atoms with van der Waals surface area (Å²) in [6.45, 7) is 7.04. The molecule has 1 amide bonds. The van der Waals surface area contributed by atoms with Gasteiger partial charge in [-0.25, -0.2) is 9.97 Å². The zero-order valence-corrected chi connectivity index (χ0v) is 17.8. The van der Waals surface area contributed by atoms with Crippen LogP contribution in [-0.4, -0.2) is 64.2 Å². The lowest BCUT2D eigenvalue weighted by Crippen LogP contribution is -2.42. The lowest BCUT2D eigenvalue weighted by atomic mass is 10.0. The second kappa shape index (κ2) is 8.38. The Morgan fingerprint density at radius 1 is 1.07 bits per heavy atom. The zero-order valence-electron chi connectivity index (χ0n) is 17.8. The number of likely N-dealkylation sites (tertiary alicyclic amines) is 1. The molecular weight excluding hydrogens is 378 g/mol. The van der Waals surface area contributed by atoms with Crippen molar-refractivity contribution in [2.45, 2.75) is 51.6 Å². The highest BCUT2D eigenvalue weighted by Gasteiger charge is 2.29. The summed E-state index contributed by atoms with van der Waals surface area (Å²) in [4.78, 5) is 26.8. The summed E-state index contributed by atoms with van der Waals surface area (Å²) in [5, 5.41) is 0. The quantitative estimate of drug-likeness (QED) is 0.759. The minimum atomic E-state index is 0.167. The number of nitrogens with zero attached hydrogens (tertiary/aromatic N) is 5. The van der Waals surface area contributed by atoms with Crippen LogP contribution in [-0.2, 0) is 11.3 Å². The molecule has 0 bridgehead atoms. The first-order chi connectivity index (χ1) is 14.7. The molecule has 30 heavy (non-hydrogen) atoms. The highest BCUT2D eigenvalue weighted by Crippen LogP contribution is 2.33. The number of ether oxygens (including phenoxy) is 1. The Bertz CT molecular complexity index is 883. The molecule has 0 N–H and O–H groups in total. The average Bonchev–Trinajstić information content (AvgIpc) is 3.51. The lowest BCUT2D eigenvalue weighted by Gasteiger charge is -2.33. The SMILES string of the molecule is CC1CCCCN1C(=O)c1cc(-c2cnc(N3CCOCC3)nc2)cn1CC1CC1. The Morgan fingerprint density at radius 3 is 2.53 bits per heavy atom. The van der Waals surface area contributed by atoms with Gasteiger partial charge in [-0.1, -0.05) is 0 Å². The van der Waals surface area contributed by atoms with Gasteiger partial charge in [-0.2, -0.15) is 0 Å². The van der Waals surface area contributed by atoms with Crippen molar-refractivity contribution < 1.29 is 9.53 Å². The summed E-state index contributed by atoms with van der Waals surface area (Å²) in [6, 6.07) is 2.36. The minimum Gasteiger partial charge on any atom is -0.378 e. The first-order valence-electron chi connectivity index (χ1n) is 11.4. The van der Waals surface area contributed by atoms with Crippen molar-refractivity contribution in [2.24, 2.45) is 5.92 Å². The summed E-state index contributed by atoms with van der Waals surface area (Å²) in [5.41, 5.74) is 2.79. The smallest absolute Gasteiger partial charge is 0.270 e. The molecule has 2 aromatic rings. The fourth-order valence-corrected chi connectivity index (χ4v) is 4.52. The molecular formula is C23H31N5O2. The molecule has 7 heteroatoms. The van der Waals surface area contributed by atoms with Crippen molar-refractivity contribution in [2.75, 3.05) is 37.7 Å². The van der Waals surface area contributed by atoms with Crippen LogP contribution in [0.4, 0.5) is 5.95 Å². The van der Waals surface area contributed by atoms with Gasteiger partial charge in [0.1, 0.15) is 5.69 Å². The minimum absolute atomic E-state index is 0.167. The number of carbonyl (C=O) groups excluding carboxylic acids is 1. The highest BCUT2D eigenvalue weighted by atomic mass is 16.5. The largest absolute Gasteiger partial charge is 0.378 e. The second-order valence-corrected chi connectivity index (χ2v) is 8.92. The molecule has 4 heterocycles. The van der Waals surface area contributed by atoms with E-state index in [4.69, 9.17) is 4.74 Å². The number of piperidine rings is 1. The molecule has 2 saturated heterocycles. The van der Waals surface area contributed by atoms with Gasteiger partial charge in [0, 0.05) is 61.9 Å². The molecule has 3 aliphatic rings. The predicted molar refractivity (Wildman–Crippen MR) is 116 cm³/mol. The van der Waals surface area contributed by atoms with Crippen molar-refractivity contribution >= 4 is 11.9 Å². The van der Waals surface area contributed by atoms with E-state index < -0.39 is 0 Å². The van der Waals surface area contributed by atoms with Gasteiger partial charge in [-0.3, -0.25) is 4.79 Å². The van der Waals surface area contributed by atoms with E-state index >= 15 is 0 Å². The van der Waals surface area contributed by atoms with E-state index in [9.17, 15) is 4.79 Å². The Hall–Kier alpha value is -2.41. The van der Waals surface area contributed by atoms with Crippen LogP contribution >= 0.6 is 0 Å². The van der Waals surface area contributed by atoms with Crippen LogP contribution in [0.25, 0.3) is 11.1 Å². The molecule has 3 fully saturated rings. The molecule has 0 spiro atoms. The molecule has 1 atom stereocenters. The third-order valence-corrected chi connectivity index (χ3v) is 6.60. The summed E-state index contributed by atoms with van der Waals surface area (Å²) in [7, 11) is 0. The zero-order chi connectivity index (χ0) is 20.5. The third kappa shape index (κ3) is 4.08. The van der Waals surface area contributed by atoms with Crippen LogP contribution in [0, 0.1) is 5.92 Å².